The molecule has 0 aliphatic rings. The predicted octanol–water partition coefficient (Wildman–Crippen LogP) is 4.49. The Morgan fingerprint density at radius 3 is 2.78 bits per heavy atom. The molecule has 5 nitrogen and oxygen atoms in total. The molecule has 122 valence electrons. The fourth-order valence-electron chi connectivity index (χ4n) is 1.85. The number of halogens is 2. The lowest BCUT2D eigenvalue weighted by atomic mass is 10.1. The van der Waals surface area contributed by atoms with E-state index in [9.17, 15) is 4.79 Å². The maximum Gasteiger partial charge on any atom is 0.274 e. The minimum Gasteiger partial charge on any atom is -0.370 e. The number of anilines is 2. The summed E-state index contributed by atoms with van der Waals surface area (Å²) in [4.78, 5) is 20.4. The molecule has 0 unspecified atom stereocenters. The van der Waals surface area contributed by atoms with Crippen molar-refractivity contribution in [1.29, 1.82) is 0 Å². The van der Waals surface area contributed by atoms with E-state index in [1.807, 2.05) is 0 Å². The van der Waals surface area contributed by atoms with Gasteiger partial charge in [-0.1, -0.05) is 43.1 Å². The molecule has 0 aliphatic carbocycles. The molecule has 1 aromatic heterocycles. The van der Waals surface area contributed by atoms with Crippen molar-refractivity contribution in [2.24, 2.45) is 5.92 Å². The van der Waals surface area contributed by atoms with Gasteiger partial charge in [0.25, 0.3) is 5.91 Å². The molecule has 2 aromatic rings. The summed E-state index contributed by atoms with van der Waals surface area (Å²) in [5, 5.41) is 6.55. The molecule has 2 rings (SSSR count). The number of nitrogens with zero attached hydrogens (tertiary/aromatic N) is 2. The summed E-state index contributed by atoms with van der Waals surface area (Å²) in [5.41, 5.74) is 0.695. The number of nitrogens with one attached hydrogen (secondary N) is 2. The molecular formula is C16H18Cl2N4O. The van der Waals surface area contributed by atoms with Crippen LogP contribution in [-0.4, -0.2) is 22.4 Å². The van der Waals surface area contributed by atoms with Gasteiger partial charge in [0.2, 0.25) is 0 Å². The smallest absolute Gasteiger partial charge is 0.274 e. The number of carbonyl (C=O) groups is 1. The molecule has 1 aromatic carbocycles. The topological polar surface area (TPSA) is 66.9 Å². The molecule has 0 radical (unpaired) electrons. The predicted molar refractivity (Wildman–Crippen MR) is 94.4 cm³/mol. The Kier molecular flexibility index (Phi) is 6.19. The molecule has 0 bridgehead atoms. The van der Waals surface area contributed by atoms with Gasteiger partial charge in [-0.2, -0.15) is 0 Å². The number of benzene rings is 1. The standard InChI is InChI=1S/C16H18Cl2N4O/c1-10(2)6-7-19-14-8-13(20-9-21-14)16(23)22-12-5-3-4-11(17)15(12)18/h3-5,8-10H,6-7H2,1-2H3,(H,22,23)(H,19,20,21). The third kappa shape index (κ3) is 5.08. The van der Waals surface area contributed by atoms with Gasteiger partial charge in [-0.3, -0.25) is 4.79 Å². The first kappa shape index (κ1) is 17.5. The van der Waals surface area contributed by atoms with E-state index in [1.54, 1.807) is 24.3 Å². The van der Waals surface area contributed by atoms with Crippen LogP contribution in [0.3, 0.4) is 0 Å². The minimum absolute atomic E-state index is 0.253. The molecule has 0 atom stereocenters. The van der Waals surface area contributed by atoms with Gasteiger partial charge in [0.05, 0.1) is 15.7 Å². The number of rotatable bonds is 6. The zero-order valence-corrected chi connectivity index (χ0v) is 14.4. The summed E-state index contributed by atoms with van der Waals surface area (Å²) < 4.78 is 0. The van der Waals surface area contributed by atoms with Crippen molar-refractivity contribution in [2.75, 3.05) is 17.2 Å². The highest BCUT2D eigenvalue weighted by atomic mass is 35.5. The monoisotopic (exact) mass is 352 g/mol. The summed E-state index contributed by atoms with van der Waals surface area (Å²) in [7, 11) is 0. The third-order valence-electron chi connectivity index (χ3n) is 3.13. The number of aromatic nitrogens is 2. The summed E-state index contributed by atoms with van der Waals surface area (Å²) in [6, 6.07) is 6.65. The van der Waals surface area contributed by atoms with Crippen LogP contribution in [0.2, 0.25) is 10.0 Å². The second-order valence-corrected chi connectivity index (χ2v) is 6.24. The Morgan fingerprint density at radius 1 is 1.26 bits per heavy atom. The van der Waals surface area contributed by atoms with Crippen LogP contribution in [0.4, 0.5) is 11.5 Å². The Bertz CT molecular complexity index is 692. The Balaban J connectivity index is 2.06. The van der Waals surface area contributed by atoms with Crippen LogP contribution >= 0.6 is 23.2 Å². The van der Waals surface area contributed by atoms with Crippen LogP contribution in [-0.2, 0) is 0 Å². The van der Waals surface area contributed by atoms with Crippen LogP contribution in [0, 0.1) is 5.92 Å². The normalized spacial score (nSPS) is 10.7. The first-order valence-corrected chi connectivity index (χ1v) is 8.04. The third-order valence-corrected chi connectivity index (χ3v) is 3.95. The van der Waals surface area contributed by atoms with Crippen LogP contribution < -0.4 is 10.6 Å². The van der Waals surface area contributed by atoms with E-state index in [0.717, 1.165) is 13.0 Å². The number of hydrogen-bond donors (Lipinski definition) is 2. The van der Waals surface area contributed by atoms with Gasteiger partial charge in [0, 0.05) is 12.6 Å². The number of hydrogen-bond acceptors (Lipinski definition) is 4. The molecule has 2 N–H and O–H groups in total. The van der Waals surface area contributed by atoms with Gasteiger partial charge >= 0.3 is 0 Å². The van der Waals surface area contributed by atoms with Crippen molar-refractivity contribution in [3.8, 4) is 0 Å². The van der Waals surface area contributed by atoms with E-state index >= 15 is 0 Å². The molecule has 7 heteroatoms. The average molecular weight is 353 g/mol. The van der Waals surface area contributed by atoms with Crippen LogP contribution in [0.25, 0.3) is 0 Å². The molecule has 0 aliphatic heterocycles. The van der Waals surface area contributed by atoms with Crippen molar-refractivity contribution < 1.29 is 4.79 Å². The lowest BCUT2D eigenvalue weighted by Crippen LogP contribution is -2.15. The fourth-order valence-corrected chi connectivity index (χ4v) is 2.20. The van der Waals surface area contributed by atoms with Crippen molar-refractivity contribution >= 4 is 40.6 Å². The molecule has 0 fully saturated rings. The van der Waals surface area contributed by atoms with Gasteiger partial charge in [-0.05, 0) is 24.5 Å². The highest BCUT2D eigenvalue weighted by molar-refractivity contribution is 6.44. The maximum atomic E-state index is 12.3. The largest absolute Gasteiger partial charge is 0.370 e. The first-order valence-electron chi connectivity index (χ1n) is 7.28. The summed E-state index contributed by atoms with van der Waals surface area (Å²) in [6.45, 7) is 5.08. The Morgan fingerprint density at radius 2 is 2.04 bits per heavy atom. The number of carbonyl (C=O) groups excluding carboxylic acids is 1. The number of amides is 1. The maximum absolute atomic E-state index is 12.3. The Hall–Kier alpha value is -1.85. The van der Waals surface area contributed by atoms with Gasteiger partial charge < -0.3 is 10.6 Å². The van der Waals surface area contributed by atoms with Gasteiger partial charge in [0.15, 0.2) is 0 Å². The molecule has 0 saturated heterocycles. The molecule has 23 heavy (non-hydrogen) atoms. The molecular weight excluding hydrogens is 335 g/mol. The SMILES string of the molecule is CC(C)CCNc1cc(C(=O)Nc2cccc(Cl)c2Cl)ncn1. The van der Waals surface area contributed by atoms with Gasteiger partial charge in [-0.15, -0.1) is 0 Å². The van der Waals surface area contributed by atoms with E-state index in [-0.39, 0.29) is 11.6 Å². The van der Waals surface area contributed by atoms with Crippen molar-refractivity contribution in [3.05, 3.63) is 46.3 Å². The van der Waals surface area contributed by atoms with E-state index in [4.69, 9.17) is 23.2 Å². The second kappa shape index (κ2) is 8.13. The summed E-state index contributed by atoms with van der Waals surface area (Å²) in [5.74, 6) is 0.837. The second-order valence-electron chi connectivity index (χ2n) is 5.45. The van der Waals surface area contributed by atoms with Crippen molar-refractivity contribution in [2.45, 2.75) is 20.3 Å². The van der Waals surface area contributed by atoms with Crippen molar-refractivity contribution in [3.63, 3.8) is 0 Å². The molecule has 1 amide bonds. The Labute approximate surface area is 145 Å². The quantitative estimate of drug-likeness (QED) is 0.803. The minimum atomic E-state index is -0.372. The van der Waals surface area contributed by atoms with Gasteiger partial charge in [0.1, 0.15) is 17.8 Å². The highest BCUT2D eigenvalue weighted by Gasteiger charge is 2.12. The van der Waals surface area contributed by atoms with Crippen LogP contribution in [0.15, 0.2) is 30.6 Å². The molecule has 0 saturated carbocycles. The zero-order valence-electron chi connectivity index (χ0n) is 12.9. The zero-order chi connectivity index (χ0) is 16.8. The first-order chi connectivity index (χ1) is 11.0. The fraction of sp³-hybridized carbons (Fsp3) is 0.312. The van der Waals surface area contributed by atoms with Crippen molar-refractivity contribution in [1.82, 2.24) is 9.97 Å². The molecule has 1 heterocycles. The lowest BCUT2D eigenvalue weighted by molar-refractivity contribution is 0.102. The van der Waals surface area contributed by atoms with E-state index < -0.39 is 0 Å². The van der Waals surface area contributed by atoms with Gasteiger partial charge in [-0.25, -0.2) is 9.97 Å². The summed E-state index contributed by atoms with van der Waals surface area (Å²) in [6.07, 6.45) is 2.37. The average Bonchev–Trinajstić information content (AvgIpc) is 2.52. The summed E-state index contributed by atoms with van der Waals surface area (Å²) >= 11 is 12.0. The highest BCUT2D eigenvalue weighted by Crippen LogP contribution is 2.29. The van der Waals surface area contributed by atoms with E-state index in [1.165, 1.54) is 6.33 Å². The van der Waals surface area contributed by atoms with E-state index in [0.29, 0.717) is 27.5 Å². The van der Waals surface area contributed by atoms with Crippen LogP contribution in [0.5, 0.6) is 0 Å². The van der Waals surface area contributed by atoms with E-state index in [2.05, 4.69) is 34.4 Å². The lowest BCUT2D eigenvalue weighted by Gasteiger charge is -2.10. The van der Waals surface area contributed by atoms with Crippen LogP contribution in [0.1, 0.15) is 30.8 Å². The molecule has 0 spiro atoms.